The minimum absolute atomic E-state index is 0.510. The van der Waals surface area contributed by atoms with E-state index in [9.17, 15) is 14.7 Å². The molecule has 3 N–H and O–H groups in total. The van der Waals surface area contributed by atoms with Crippen molar-refractivity contribution in [3.8, 4) is 0 Å². The molecular weight excluding hydrogens is 256 g/mol. The number of amides is 2. The van der Waals surface area contributed by atoms with Crippen molar-refractivity contribution in [3.05, 3.63) is 29.3 Å². The van der Waals surface area contributed by atoms with Gasteiger partial charge in [-0.15, -0.1) is 0 Å². The molecule has 0 aliphatic heterocycles. The number of nitrogens with one attached hydrogen (secondary N) is 2. The average molecular weight is 278 g/mol. The van der Waals surface area contributed by atoms with Crippen LogP contribution in [0, 0.1) is 19.3 Å². The number of carbonyl (C=O) groups is 2. The normalized spacial score (nSPS) is 12.7. The van der Waals surface area contributed by atoms with Crippen LogP contribution in [0.15, 0.2) is 18.2 Å². The molecule has 5 nitrogen and oxygen atoms in total. The summed E-state index contributed by atoms with van der Waals surface area (Å²) >= 11 is 0. The van der Waals surface area contributed by atoms with Gasteiger partial charge in [-0.3, -0.25) is 0 Å². The van der Waals surface area contributed by atoms with Gasteiger partial charge < -0.3 is 15.7 Å². The summed E-state index contributed by atoms with van der Waals surface area (Å²) in [7, 11) is 0. The third-order valence-electron chi connectivity index (χ3n) is 3.11. The molecule has 1 rings (SSSR count). The monoisotopic (exact) mass is 278 g/mol. The third kappa shape index (κ3) is 3.98. The van der Waals surface area contributed by atoms with Crippen molar-refractivity contribution in [1.82, 2.24) is 5.32 Å². The molecule has 0 fully saturated rings. The zero-order valence-electron chi connectivity index (χ0n) is 12.6. The molecule has 1 aromatic carbocycles. The molecule has 0 aliphatic carbocycles. The lowest BCUT2D eigenvalue weighted by atomic mass is 9.87. The summed E-state index contributed by atoms with van der Waals surface area (Å²) in [5.41, 5.74) is 2.01. The summed E-state index contributed by atoms with van der Waals surface area (Å²) in [5, 5.41) is 14.4. The zero-order chi connectivity index (χ0) is 15.5. The highest BCUT2D eigenvalue weighted by Crippen LogP contribution is 2.21. The summed E-state index contributed by atoms with van der Waals surface area (Å²) in [6, 6.07) is 4.22. The van der Waals surface area contributed by atoms with Gasteiger partial charge >= 0.3 is 12.0 Å². The van der Waals surface area contributed by atoms with Crippen LogP contribution in [0.3, 0.4) is 0 Å². The number of aliphatic carboxylic acids is 1. The fourth-order valence-corrected chi connectivity index (χ4v) is 1.94. The van der Waals surface area contributed by atoms with E-state index >= 15 is 0 Å². The lowest BCUT2D eigenvalue weighted by Gasteiger charge is -2.28. The van der Waals surface area contributed by atoms with Crippen LogP contribution in [0.4, 0.5) is 10.5 Å². The molecule has 0 spiro atoms. The molecule has 0 saturated heterocycles. The predicted molar refractivity (Wildman–Crippen MR) is 78.9 cm³/mol. The average Bonchev–Trinajstić information content (AvgIpc) is 2.29. The quantitative estimate of drug-likeness (QED) is 0.795. The van der Waals surface area contributed by atoms with Crippen LogP contribution in [0.1, 0.15) is 31.9 Å². The first kappa shape index (κ1) is 16.0. The van der Waals surface area contributed by atoms with E-state index in [4.69, 9.17) is 0 Å². The lowest BCUT2D eigenvalue weighted by Crippen LogP contribution is -2.50. The number of para-hydroxylation sites is 1. The Morgan fingerprint density at radius 3 is 2.05 bits per heavy atom. The van der Waals surface area contributed by atoms with Gasteiger partial charge in [0.15, 0.2) is 0 Å². The van der Waals surface area contributed by atoms with Gasteiger partial charge in [0, 0.05) is 5.69 Å². The van der Waals surface area contributed by atoms with Crippen molar-refractivity contribution in [2.45, 2.75) is 40.7 Å². The Morgan fingerprint density at radius 1 is 1.15 bits per heavy atom. The number of benzene rings is 1. The molecule has 0 saturated carbocycles. The van der Waals surface area contributed by atoms with Gasteiger partial charge in [0.25, 0.3) is 0 Å². The molecule has 0 heterocycles. The second-order valence-corrected chi connectivity index (χ2v) is 6.00. The minimum atomic E-state index is -1.05. The van der Waals surface area contributed by atoms with E-state index in [0.717, 1.165) is 11.1 Å². The van der Waals surface area contributed by atoms with E-state index < -0.39 is 23.5 Å². The summed E-state index contributed by atoms with van der Waals surface area (Å²) in [6.45, 7) is 9.09. The number of aryl methyl sites for hydroxylation is 2. The van der Waals surface area contributed by atoms with Crippen LogP contribution >= 0.6 is 0 Å². The van der Waals surface area contributed by atoms with Crippen LogP contribution < -0.4 is 10.6 Å². The zero-order valence-corrected chi connectivity index (χ0v) is 12.6. The van der Waals surface area contributed by atoms with E-state index in [0.29, 0.717) is 5.69 Å². The summed E-state index contributed by atoms with van der Waals surface area (Å²) in [5.74, 6) is -1.05. The Morgan fingerprint density at radius 2 is 1.65 bits per heavy atom. The van der Waals surface area contributed by atoms with Crippen molar-refractivity contribution < 1.29 is 14.7 Å². The highest BCUT2D eigenvalue weighted by atomic mass is 16.4. The molecule has 0 aromatic heterocycles. The standard InChI is InChI=1S/C15H22N2O3/c1-9-7-6-8-10(2)11(9)16-14(20)17-12(13(18)19)15(3,4)5/h6-8,12H,1-5H3,(H,18,19)(H2,16,17,20)/t12-/m1/s1. The fourth-order valence-electron chi connectivity index (χ4n) is 1.94. The first-order valence-corrected chi connectivity index (χ1v) is 6.49. The molecule has 1 atom stereocenters. The van der Waals surface area contributed by atoms with Crippen LogP contribution in [0.5, 0.6) is 0 Å². The van der Waals surface area contributed by atoms with Crippen LogP contribution in [-0.4, -0.2) is 23.1 Å². The molecule has 20 heavy (non-hydrogen) atoms. The molecule has 5 heteroatoms. The first-order chi connectivity index (χ1) is 9.12. The van der Waals surface area contributed by atoms with Crippen molar-refractivity contribution >= 4 is 17.7 Å². The van der Waals surface area contributed by atoms with Gasteiger partial charge in [-0.1, -0.05) is 39.0 Å². The minimum Gasteiger partial charge on any atom is -0.480 e. The molecule has 1 aromatic rings. The Balaban J connectivity index is 2.84. The van der Waals surface area contributed by atoms with Crippen molar-refractivity contribution in [2.75, 3.05) is 5.32 Å². The number of carboxylic acid groups (broad SMARTS) is 1. The van der Waals surface area contributed by atoms with E-state index in [1.54, 1.807) is 20.8 Å². The molecule has 110 valence electrons. The number of hydrogen-bond donors (Lipinski definition) is 3. The second kappa shape index (κ2) is 5.94. The van der Waals surface area contributed by atoms with E-state index in [2.05, 4.69) is 10.6 Å². The summed E-state index contributed by atoms with van der Waals surface area (Å²) in [4.78, 5) is 23.2. The molecule has 0 bridgehead atoms. The largest absolute Gasteiger partial charge is 0.480 e. The number of hydrogen-bond acceptors (Lipinski definition) is 2. The van der Waals surface area contributed by atoms with Gasteiger partial charge in [-0.05, 0) is 30.4 Å². The third-order valence-corrected chi connectivity index (χ3v) is 3.11. The smallest absolute Gasteiger partial charge is 0.326 e. The Bertz CT molecular complexity index is 498. The van der Waals surface area contributed by atoms with E-state index in [1.165, 1.54) is 0 Å². The summed E-state index contributed by atoms with van der Waals surface area (Å²) < 4.78 is 0. The van der Waals surface area contributed by atoms with Gasteiger partial charge in [0.2, 0.25) is 0 Å². The number of anilines is 1. The summed E-state index contributed by atoms with van der Waals surface area (Å²) in [6.07, 6.45) is 0. The maximum Gasteiger partial charge on any atom is 0.326 e. The Hall–Kier alpha value is -2.04. The highest BCUT2D eigenvalue weighted by Gasteiger charge is 2.32. The first-order valence-electron chi connectivity index (χ1n) is 6.49. The van der Waals surface area contributed by atoms with E-state index in [-0.39, 0.29) is 0 Å². The van der Waals surface area contributed by atoms with Gasteiger partial charge in [-0.2, -0.15) is 0 Å². The predicted octanol–water partition coefficient (Wildman–Crippen LogP) is 2.92. The molecule has 0 unspecified atom stereocenters. The number of urea groups is 1. The maximum atomic E-state index is 12.0. The molecular formula is C15H22N2O3. The topological polar surface area (TPSA) is 78.4 Å². The van der Waals surface area contributed by atoms with Crippen molar-refractivity contribution in [1.29, 1.82) is 0 Å². The molecule has 0 aliphatic rings. The van der Waals surface area contributed by atoms with Crippen LogP contribution in [0.25, 0.3) is 0 Å². The lowest BCUT2D eigenvalue weighted by molar-refractivity contribution is -0.141. The number of carbonyl (C=O) groups excluding carboxylic acids is 1. The van der Waals surface area contributed by atoms with Crippen molar-refractivity contribution in [2.24, 2.45) is 5.41 Å². The highest BCUT2D eigenvalue weighted by molar-refractivity contribution is 5.93. The van der Waals surface area contributed by atoms with Crippen molar-refractivity contribution in [3.63, 3.8) is 0 Å². The number of carboxylic acids is 1. The SMILES string of the molecule is Cc1cccc(C)c1NC(=O)N[C@H](C(=O)O)C(C)(C)C. The maximum absolute atomic E-state index is 12.0. The molecule has 0 radical (unpaired) electrons. The second-order valence-electron chi connectivity index (χ2n) is 6.00. The fraction of sp³-hybridized carbons (Fsp3) is 0.467. The van der Waals surface area contributed by atoms with Gasteiger partial charge in [0.05, 0.1) is 0 Å². The molecule has 2 amide bonds. The van der Waals surface area contributed by atoms with Crippen LogP contribution in [-0.2, 0) is 4.79 Å². The van der Waals surface area contributed by atoms with Gasteiger partial charge in [0.1, 0.15) is 6.04 Å². The Labute approximate surface area is 119 Å². The van der Waals surface area contributed by atoms with Crippen LogP contribution in [0.2, 0.25) is 0 Å². The van der Waals surface area contributed by atoms with Gasteiger partial charge in [-0.25, -0.2) is 9.59 Å². The number of rotatable bonds is 3. The van der Waals surface area contributed by atoms with E-state index in [1.807, 2.05) is 32.0 Å². The Kier molecular flexibility index (Phi) is 4.76.